The molecule has 6 fully saturated rings. The van der Waals surface area contributed by atoms with Crippen LogP contribution in [0.5, 0.6) is 0 Å². The highest BCUT2D eigenvalue weighted by molar-refractivity contribution is 5.93. The van der Waals surface area contributed by atoms with E-state index in [1.165, 1.54) is 6.92 Å². The van der Waals surface area contributed by atoms with Crippen LogP contribution in [-0.2, 0) is 19.1 Å². The van der Waals surface area contributed by atoms with Gasteiger partial charge in [0.25, 0.3) is 0 Å². The minimum Gasteiger partial charge on any atom is -0.462 e. The molecule has 6 aliphatic rings. The van der Waals surface area contributed by atoms with Gasteiger partial charge in [-0.05, 0) is 42.9 Å². The van der Waals surface area contributed by atoms with Gasteiger partial charge in [-0.15, -0.1) is 0 Å². The summed E-state index contributed by atoms with van der Waals surface area (Å²) in [6.45, 7) is 5.02. The normalized spacial score (nSPS) is 55.7. The second kappa shape index (κ2) is 6.04. The number of esters is 1. The van der Waals surface area contributed by atoms with Crippen LogP contribution in [0.25, 0.3) is 0 Å². The van der Waals surface area contributed by atoms with E-state index in [0.29, 0.717) is 25.7 Å². The smallest absolute Gasteiger partial charge is 0.302 e. The summed E-state index contributed by atoms with van der Waals surface area (Å²) < 4.78 is 11.7. The molecule has 0 aromatic heterocycles. The van der Waals surface area contributed by atoms with Crippen molar-refractivity contribution in [1.29, 1.82) is 0 Å². The lowest BCUT2D eigenvalue weighted by Gasteiger charge is -2.74. The number of aliphatic hydroxyl groups is 4. The summed E-state index contributed by atoms with van der Waals surface area (Å²) >= 11 is 0. The molecule has 4 saturated carbocycles. The van der Waals surface area contributed by atoms with Crippen molar-refractivity contribution in [2.45, 2.75) is 70.6 Å². The Labute approximate surface area is 175 Å². The van der Waals surface area contributed by atoms with Gasteiger partial charge in [-0.3, -0.25) is 9.59 Å². The zero-order valence-electron chi connectivity index (χ0n) is 17.7. The summed E-state index contributed by atoms with van der Waals surface area (Å²) in [5.74, 6) is -5.39. The Hall–Kier alpha value is -1.06. The summed E-state index contributed by atoms with van der Waals surface area (Å²) in [5.41, 5.74) is -3.03. The van der Waals surface area contributed by atoms with Gasteiger partial charge >= 0.3 is 5.97 Å². The van der Waals surface area contributed by atoms with Gasteiger partial charge in [-0.25, -0.2) is 0 Å². The Balaban J connectivity index is 1.77. The predicted molar refractivity (Wildman–Crippen MR) is 102 cm³/mol. The number of ether oxygens (including phenoxy) is 2. The van der Waals surface area contributed by atoms with Crippen LogP contribution in [0, 0.1) is 39.9 Å². The Bertz CT molecular complexity index is 796. The van der Waals surface area contributed by atoms with E-state index in [0.717, 1.165) is 0 Å². The molecule has 0 amide bonds. The maximum absolute atomic E-state index is 13.7. The molecule has 8 nitrogen and oxygen atoms in total. The Kier molecular flexibility index (Phi) is 4.19. The molecular formula is C22H32O8. The molecule has 2 heterocycles. The first-order valence-electron chi connectivity index (χ1n) is 11.0. The third-order valence-electron chi connectivity index (χ3n) is 9.55. The van der Waals surface area contributed by atoms with Crippen molar-refractivity contribution in [2.75, 3.05) is 13.2 Å². The fraction of sp³-hybridized carbons (Fsp3) is 0.909. The SMILES string of the molecule is CC(=O)OC1CCC(C)(C)C2C(O)C3(O)OCC12C1CCC2C(CO)C(=O)C13C2O. The lowest BCUT2D eigenvalue weighted by Crippen LogP contribution is -2.85. The molecule has 4 N–H and O–H groups in total. The third-order valence-corrected chi connectivity index (χ3v) is 9.55. The monoisotopic (exact) mass is 424 g/mol. The molecule has 8 heteroatoms. The molecule has 30 heavy (non-hydrogen) atoms. The van der Waals surface area contributed by atoms with Crippen LogP contribution in [0.4, 0.5) is 0 Å². The number of hydrogen-bond acceptors (Lipinski definition) is 8. The number of fused-ring (bicyclic) bond motifs is 2. The van der Waals surface area contributed by atoms with E-state index >= 15 is 0 Å². The number of carbonyl (C=O) groups is 2. The number of rotatable bonds is 2. The molecule has 10 atom stereocenters. The molecule has 6 rings (SSSR count). The molecule has 4 bridgehead atoms. The van der Waals surface area contributed by atoms with Crippen LogP contribution < -0.4 is 0 Å². The van der Waals surface area contributed by atoms with Crippen LogP contribution in [0.15, 0.2) is 0 Å². The highest BCUT2D eigenvalue weighted by Gasteiger charge is 2.87. The topological polar surface area (TPSA) is 134 Å². The van der Waals surface area contributed by atoms with E-state index in [2.05, 4.69) is 0 Å². The van der Waals surface area contributed by atoms with Crippen molar-refractivity contribution < 1.29 is 39.5 Å². The van der Waals surface area contributed by atoms with E-state index < -0.39 is 82.4 Å². The minimum absolute atomic E-state index is 0.0491. The van der Waals surface area contributed by atoms with Crippen LogP contribution in [0.2, 0.25) is 0 Å². The van der Waals surface area contributed by atoms with Crippen molar-refractivity contribution in [2.24, 2.45) is 39.9 Å². The van der Waals surface area contributed by atoms with Gasteiger partial charge in [0.2, 0.25) is 5.79 Å². The first-order valence-corrected chi connectivity index (χ1v) is 11.0. The number of Topliss-reactive ketones (excluding diaryl/α,β-unsaturated/α-hetero) is 1. The van der Waals surface area contributed by atoms with Gasteiger partial charge in [0.15, 0.2) is 5.78 Å². The highest BCUT2D eigenvalue weighted by Crippen LogP contribution is 2.76. The summed E-state index contributed by atoms with van der Waals surface area (Å²) in [5, 5.41) is 44.6. The Morgan fingerprint density at radius 2 is 1.90 bits per heavy atom. The van der Waals surface area contributed by atoms with E-state index in [1.807, 2.05) is 13.8 Å². The largest absolute Gasteiger partial charge is 0.462 e. The number of carbonyl (C=O) groups excluding carboxylic acids is 2. The van der Waals surface area contributed by atoms with Crippen LogP contribution in [-0.4, -0.2) is 69.5 Å². The van der Waals surface area contributed by atoms with Crippen LogP contribution in [0.1, 0.15) is 46.5 Å². The molecular weight excluding hydrogens is 392 g/mol. The molecule has 10 unspecified atom stereocenters. The standard InChI is InChI=1S/C22H32O8/c1-10(24)30-14-6-7-19(2,3)15-18(27)22(28)21-13(20(14,15)9-29-22)5-4-11(16(21)25)12(8-23)17(21)26/h11-16,18,23,25,27-28H,4-9H2,1-3H3. The summed E-state index contributed by atoms with van der Waals surface area (Å²) in [6.07, 6.45) is -0.943. The zero-order valence-corrected chi connectivity index (χ0v) is 17.7. The lowest BCUT2D eigenvalue weighted by molar-refractivity contribution is -0.458. The maximum atomic E-state index is 13.7. The molecule has 4 aliphatic carbocycles. The first-order chi connectivity index (χ1) is 14.0. The first kappa shape index (κ1) is 20.8. The maximum Gasteiger partial charge on any atom is 0.302 e. The van der Waals surface area contributed by atoms with Gasteiger partial charge in [0.1, 0.15) is 17.6 Å². The number of aliphatic hydroxyl groups excluding tert-OH is 3. The molecule has 0 aromatic carbocycles. The summed E-state index contributed by atoms with van der Waals surface area (Å²) in [4.78, 5) is 25.7. The van der Waals surface area contributed by atoms with Crippen LogP contribution >= 0.6 is 0 Å². The fourth-order valence-corrected chi connectivity index (χ4v) is 8.66. The Morgan fingerprint density at radius 3 is 2.53 bits per heavy atom. The second-order valence-electron chi connectivity index (χ2n) is 10.9. The molecule has 2 aliphatic heterocycles. The van der Waals surface area contributed by atoms with Gasteiger partial charge in [-0.1, -0.05) is 13.8 Å². The predicted octanol–water partition coefficient (Wildman–Crippen LogP) is -0.00130. The van der Waals surface area contributed by atoms with Crippen molar-refractivity contribution >= 4 is 11.8 Å². The number of ketones is 1. The van der Waals surface area contributed by atoms with E-state index in [-0.39, 0.29) is 6.61 Å². The third kappa shape index (κ3) is 1.97. The minimum atomic E-state index is -2.24. The van der Waals surface area contributed by atoms with E-state index in [9.17, 15) is 30.0 Å². The summed E-state index contributed by atoms with van der Waals surface area (Å²) in [6, 6.07) is 0. The molecule has 2 saturated heterocycles. The van der Waals surface area contributed by atoms with E-state index in [4.69, 9.17) is 9.47 Å². The van der Waals surface area contributed by atoms with Gasteiger partial charge in [0.05, 0.1) is 19.3 Å². The van der Waals surface area contributed by atoms with Crippen molar-refractivity contribution in [3.05, 3.63) is 0 Å². The second-order valence-corrected chi connectivity index (χ2v) is 10.9. The van der Waals surface area contributed by atoms with Gasteiger partial charge in [-0.2, -0.15) is 0 Å². The Morgan fingerprint density at radius 1 is 1.20 bits per heavy atom. The quantitative estimate of drug-likeness (QED) is 0.455. The molecule has 0 aromatic rings. The zero-order chi connectivity index (χ0) is 21.9. The summed E-state index contributed by atoms with van der Waals surface area (Å²) in [7, 11) is 0. The lowest BCUT2D eigenvalue weighted by atomic mass is 9.35. The van der Waals surface area contributed by atoms with Crippen LogP contribution in [0.3, 0.4) is 0 Å². The molecule has 2 spiro atoms. The van der Waals surface area contributed by atoms with E-state index in [1.54, 1.807) is 0 Å². The molecule has 0 radical (unpaired) electrons. The highest BCUT2D eigenvalue weighted by atomic mass is 16.6. The number of hydrogen-bond donors (Lipinski definition) is 4. The average molecular weight is 424 g/mol. The average Bonchev–Trinajstić information content (AvgIpc) is 2.79. The van der Waals surface area contributed by atoms with Gasteiger partial charge < -0.3 is 29.9 Å². The van der Waals surface area contributed by atoms with Crippen molar-refractivity contribution in [3.63, 3.8) is 0 Å². The molecule has 168 valence electrons. The van der Waals surface area contributed by atoms with Gasteiger partial charge in [0, 0.05) is 24.2 Å². The van der Waals surface area contributed by atoms with Crippen molar-refractivity contribution in [1.82, 2.24) is 0 Å². The van der Waals surface area contributed by atoms with Crippen molar-refractivity contribution in [3.8, 4) is 0 Å². The fourth-order valence-electron chi connectivity index (χ4n) is 8.66.